The minimum Gasteiger partial charge on any atom is -0.353 e. The summed E-state index contributed by atoms with van der Waals surface area (Å²) in [6, 6.07) is 9.21. The summed E-state index contributed by atoms with van der Waals surface area (Å²) in [5.74, 6) is 1.47. The van der Waals surface area contributed by atoms with Crippen LogP contribution in [-0.4, -0.2) is 25.0 Å². The molecule has 0 spiro atoms. The van der Waals surface area contributed by atoms with Crippen molar-refractivity contribution in [1.29, 1.82) is 0 Å². The summed E-state index contributed by atoms with van der Waals surface area (Å²) in [7, 11) is 0. The van der Waals surface area contributed by atoms with E-state index >= 15 is 0 Å². The first-order valence-corrected chi connectivity index (χ1v) is 8.26. The zero-order chi connectivity index (χ0) is 14.8. The molecule has 2 fully saturated rings. The summed E-state index contributed by atoms with van der Waals surface area (Å²) >= 11 is 0. The van der Waals surface area contributed by atoms with E-state index in [9.17, 15) is 4.79 Å². The third-order valence-corrected chi connectivity index (χ3v) is 4.84. The van der Waals surface area contributed by atoms with Crippen molar-refractivity contribution in [3.8, 4) is 0 Å². The van der Waals surface area contributed by atoms with Crippen molar-refractivity contribution in [3.63, 3.8) is 0 Å². The number of halogens is 1. The van der Waals surface area contributed by atoms with Crippen molar-refractivity contribution in [1.82, 2.24) is 10.6 Å². The van der Waals surface area contributed by atoms with E-state index in [1.807, 2.05) is 0 Å². The molecule has 22 heavy (non-hydrogen) atoms. The van der Waals surface area contributed by atoms with Gasteiger partial charge in [-0.15, -0.1) is 12.4 Å². The second kappa shape index (κ2) is 7.47. The number of carbonyl (C=O) groups is 1. The van der Waals surface area contributed by atoms with Crippen molar-refractivity contribution in [2.24, 2.45) is 5.92 Å². The molecule has 1 heterocycles. The Hall–Kier alpha value is -1.06. The van der Waals surface area contributed by atoms with E-state index in [0.717, 1.165) is 32.4 Å². The highest BCUT2D eigenvalue weighted by Crippen LogP contribution is 2.47. The van der Waals surface area contributed by atoms with E-state index in [0.29, 0.717) is 17.9 Å². The quantitative estimate of drug-likeness (QED) is 0.893. The highest BCUT2D eigenvalue weighted by atomic mass is 35.5. The van der Waals surface area contributed by atoms with E-state index in [-0.39, 0.29) is 24.2 Å². The predicted octanol–water partition coefficient (Wildman–Crippen LogP) is 3.20. The van der Waals surface area contributed by atoms with Crippen LogP contribution in [-0.2, 0) is 4.79 Å². The molecule has 0 bridgehead atoms. The molecule has 2 aliphatic rings. The molecule has 1 aromatic carbocycles. The number of nitrogens with one attached hydrogen (secondary N) is 2. The molecule has 2 N–H and O–H groups in total. The van der Waals surface area contributed by atoms with Crippen molar-refractivity contribution in [2.75, 3.05) is 13.1 Å². The van der Waals surface area contributed by atoms with Gasteiger partial charge < -0.3 is 10.6 Å². The fourth-order valence-electron chi connectivity index (χ4n) is 3.26. The fourth-order valence-corrected chi connectivity index (χ4v) is 3.26. The molecule has 3 nitrogen and oxygen atoms in total. The number of rotatable bonds is 4. The number of benzene rings is 1. The molecule has 1 amide bonds. The van der Waals surface area contributed by atoms with Gasteiger partial charge in [0.15, 0.2) is 0 Å². The minimum atomic E-state index is 0. The van der Waals surface area contributed by atoms with E-state index in [1.165, 1.54) is 11.1 Å². The summed E-state index contributed by atoms with van der Waals surface area (Å²) in [4.78, 5) is 12.3. The first-order chi connectivity index (χ1) is 10.1. The van der Waals surface area contributed by atoms with Gasteiger partial charge >= 0.3 is 0 Å². The largest absolute Gasteiger partial charge is 0.353 e. The number of amides is 1. The van der Waals surface area contributed by atoms with Crippen LogP contribution in [0, 0.1) is 5.92 Å². The maximum absolute atomic E-state index is 12.3. The molecule has 0 aromatic heterocycles. The second-order valence-electron chi connectivity index (χ2n) is 6.80. The average Bonchev–Trinajstić information content (AvgIpc) is 3.29. The molecule has 122 valence electrons. The van der Waals surface area contributed by atoms with Gasteiger partial charge in [0.1, 0.15) is 0 Å². The third-order valence-electron chi connectivity index (χ3n) is 4.84. The van der Waals surface area contributed by atoms with Crippen LogP contribution in [0.3, 0.4) is 0 Å². The zero-order valence-electron chi connectivity index (χ0n) is 13.5. The van der Waals surface area contributed by atoms with Crippen molar-refractivity contribution < 1.29 is 4.79 Å². The first-order valence-electron chi connectivity index (χ1n) is 8.26. The van der Waals surface area contributed by atoms with Crippen LogP contribution < -0.4 is 10.6 Å². The number of hydrogen-bond donors (Lipinski definition) is 2. The lowest BCUT2D eigenvalue weighted by atomic mass is 10.00. The highest BCUT2D eigenvalue weighted by Gasteiger charge is 2.44. The van der Waals surface area contributed by atoms with Crippen LogP contribution in [0.5, 0.6) is 0 Å². The molecular formula is C18H27ClN2O. The average molecular weight is 323 g/mol. The summed E-state index contributed by atoms with van der Waals surface area (Å²) < 4.78 is 0. The molecule has 3 rings (SSSR count). The van der Waals surface area contributed by atoms with Gasteiger partial charge in [0, 0.05) is 12.0 Å². The van der Waals surface area contributed by atoms with E-state index in [4.69, 9.17) is 0 Å². The summed E-state index contributed by atoms with van der Waals surface area (Å²) in [6.45, 7) is 6.47. The molecule has 1 saturated carbocycles. The Balaban J connectivity index is 0.00000176. The fraction of sp³-hybridized carbons (Fsp3) is 0.611. The minimum absolute atomic E-state index is 0. The molecule has 0 radical (unpaired) electrons. The molecule has 1 aromatic rings. The lowest BCUT2D eigenvalue weighted by Gasteiger charge is -2.23. The zero-order valence-corrected chi connectivity index (χ0v) is 14.3. The first kappa shape index (κ1) is 17.3. The number of carbonyl (C=O) groups excluding carboxylic acids is 1. The standard InChI is InChI=1S/C18H26N2O.ClH/c1-12(2)13-3-5-14(6-4-13)16-11-17(16)18(21)20-15-7-9-19-10-8-15;/h3-6,12,15-17,19H,7-11H2,1-2H3,(H,20,21);1H. The molecule has 1 aliphatic heterocycles. The Kier molecular flexibility index (Phi) is 5.87. The van der Waals surface area contributed by atoms with Crippen molar-refractivity contribution in [2.45, 2.75) is 51.0 Å². The molecule has 4 heteroatoms. The Morgan fingerprint density at radius 1 is 1.18 bits per heavy atom. The molecule has 1 aliphatic carbocycles. The number of piperidine rings is 1. The molecule has 2 atom stereocenters. The highest BCUT2D eigenvalue weighted by molar-refractivity contribution is 5.85. The maximum Gasteiger partial charge on any atom is 0.223 e. The van der Waals surface area contributed by atoms with Gasteiger partial charge in [0.05, 0.1) is 0 Å². The van der Waals surface area contributed by atoms with Gasteiger partial charge in [0.2, 0.25) is 5.91 Å². The topological polar surface area (TPSA) is 41.1 Å². The SMILES string of the molecule is CC(C)c1ccc(C2CC2C(=O)NC2CCNCC2)cc1.Cl. The number of hydrogen-bond acceptors (Lipinski definition) is 2. The second-order valence-corrected chi connectivity index (χ2v) is 6.80. The summed E-state index contributed by atoms with van der Waals surface area (Å²) in [6.07, 6.45) is 3.14. The van der Waals surface area contributed by atoms with Gasteiger partial charge in [-0.2, -0.15) is 0 Å². The lowest BCUT2D eigenvalue weighted by molar-refractivity contribution is -0.123. The Bertz CT molecular complexity index is 494. The maximum atomic E-state index is 12.3. The molecule has 2 unspecified atom stereocenters. The van der Waals surface area contributed by atoms with Crippen LogP contribution in [0.25, 0.3) is 0 Å². The smallest absolute Gasteiger partial charge is 0.223 e. The van der Waals surface area contributed by atoms with Gasteiger partial charge in [0.25, 0.3) is 0 Å². The van der Waals surface area contributed by atoms with Gasteiger partial charge in [-0.25, -0.2) is 0 Å². The van der Waals surface area contributed by atoms with E-state index in [1.54, 1.807) is 0 Å². The Labute approximate surface area is 139 Å². The van der Waals surface area contributed by atoms with Gasteiger partial charge in [-0.05, 0) is 55.3 Å². The van der Waals surface area contributed by atoms with Crippen LogP contribution in [0.2, 0.25) is 0 Å². The molecular weight excluding hydrogens is 296 g/mol. The van der Waals surface area contributed by atoms with Crippen LogP contribution in [0.15, 0.2) is 24.3 Å². The predicted molar refractivity (Wildman–Crippen MR) is 92.7 cm³/mol. The summed E-state index contributed by atoms with van der Waals surface area (Å²) in [5.41, 5.74) is 2.69. The Morgan fingerprint density at radius 2 is 1.82 bits per heavy atom. The van der Waals surface area contributed by atoms with Crippen LogP contribution in [0.4, 0.5) is 0 Å². The van der Waals surface area contributed by atoms with Gasteiger partial charge in [-0.1, -0.05) is 38.1 Å². The normalized spacial score (nSPS) is 24.7. The van der Waals surface area contributed by atoms with Gasteiger partial charge in [-0.3, -0.25) is 4.79 Å². The lowest BCUT2D eigenvalue weighted by Crippen LogP contribution is -2.43. The van der Waals surface area contributed by atoms with Crippen molar-refractivity contribution >= 4 is 18.3 Å². The molecule has 1 saturated heterocycles. The van der Waals surface area contributed by atoms with E-state index in [2.05, 4.69) is 48.7 Å². The monoisotopic (exact) mass is 322 g/mol. The van der Waals surface area contributed by atoms with E-state index < -0.39 is 0 Å². The Morgan fingerprint density at radius 3 is 2.41 bits per heavy atom. The van der Waals surface area contributed by atoms with Crippen LogP contribution in [0.1, 0.15) is 56.1 Å². The van der Waals surface area contributed by atoms with Crippen LogP contribution >= 0.6 is 12.4 Å². The van der Waals surface area contributed by atoms with Crippen molar-refractivity contribution in [3.05, 3.63) is 35.4 Å². The third kappa shape index (κ3) is 4.02. The summed E-state index contributed by atoms with van der Waals surface area (Å²) in [5, 5.41) is 6.56.